The molecule has 1 unspecified atom stereocenters. The molecule has 0 heterocycles. The predicted molar refractivity (Wildman–Crippen MR) is 68.0 cm³/mol. The molecule has 0 aliphatic carbocycles. The number of rotatable bonds is 4. The van der Waals surface area contributed by atoms with Crippen molar-refractivity contribution in [3.63, 3.8) is 0 Å². The van der Waals surface area contributed by atoms with Gasteiger partial charge in [0.05, 0.1) is 16.5 Å². The van der Waals surface area contributed by atoms with Gasteiger partial charge in [0.2, 0.25) is 0 Å². The van der Waals surface area contributed by atoms with Gasteiger partial charge in [-0.25, -0.2) is 13.2 Å². The molecule has 0 aliphatic rings. The van der Waals surface area contributed by atoms with Crippen molar-refractivity contribution in [3.05, 3.63) is 28.2 Å². The van der Waals surface area contributed by atoms with Gasteiger partial charge in [-0.05, 0) is 40.5 Å². The standard InChI is InChI=1S/C11H10BrNO4S/c1-2-8(6-13)18(16,17)10-5-7(11(14)15)3-4-9(10)12/h3-5,8H,2H2,1H3,(H,14,15). The van der Waals surface area contributed by atoms with Gasteiger partial charge in [-0.1, -0.05) is 6.92 Å². The van der Waals surface area contributed by atoms with E-state index in [1.807, 2.05) is 0 Å². The highest BCUT2D eigenvalue weighted by atomic mass is 79.9. The van der Waals surface area contributed by atoms with Crippen molar-refractivity contribution in [3.8, 4) is 6.07 Å². The number of hydrogen-bond acceptors (Lipinski definition) is 4. The third kappa shape index (κ3) is 2.71. The van der Waals surface area contributed by atoms with Gasteiger partial charge in [-0.3, -0.25) is 0 Å². The lowest BCUT2D eigenvalue weighted by molar-refractivity contribution is 0.0696. The maximum atomic E-state index is 12.1. The summed E-state index contributed by atoms with van der Waals surface area (Å²) in [6, 6.07) is 5.41. The maximum absolute atomic E-state index is 12.1. The summed E-state index contributed by atoms with van der Waals surface area (Å²) >= 11 is 3.06. The molecular formula is C11H10BrNO4S. The number of benzene rings is 1. The van der Waals surface area contributed by atoms with Gasteiger partial charge < -0.3 is 5.11 Å². The molecule has 1 N–H and O–H groups in total. The summed E-state index contributed by atoms with van der Waals surface area (Å²) in [6.45, 7) is 1.58. The highest BCUT2D eigenvalue weighted by molar-refractivity contribution is 9.10. The Bertz CT molecular complexity index is 618. The maximum Gasteiger partial charge on any atom is 0.335 e. The first-order valence-electron chi connectivity index (χ1n) is 5.01. The zero-order valence-corrected chi connectivity index (χ0v) is 11.8. The number of carboxylic acids is 1. The van der Waals surface area contributed by atoms with Crippen LogP contribution in [0.2, 0.25) is 0 Å². The smallest absolute Gasteiger partial charge is 0.335 e. The zero-order valence-electron chi connectivity index (χ0n) is 9.42. The van der Waals surface area contributed by atoms with Crippen LogP contribution in [0.4, 0.5) is 0 Å². The number of carbonyl (C=O) groups is 1. The van der Waals surface area contributed by atoms with E-state index in [4.69, 9.17) is 10.4 Å². The lowest BCUT2D eigenvalue weighted by atomic mass is 10.2. The fraction of sp³-hybridized carbons (Fsp3) is 0.273. The number of sulfone groups is 1. The highest BCUT2D eigenvalue weighted by Gasteiger charge is 2.28. The average molecular weight is 332 g/mol. The number of nitriles is 1. The summed E-state index contributed by atoms with van der Waals surface area (Å²) < 4.78 is 24.5. The molecule has 18 heavy (non-hydrogen) atoms. The summed E-state index contributed by atoms with van der Waals surface area (Å²) in [7, 11) is -3.86. The topological polar surface area (TPSA) is 95.2 Å². The molecule has 0 bridgehead atoms. The van der Waals surface area contributed by atoms with E-state index < -0.39 is 21.1 Å². The summed E-state index contributed by atoms with van der Waals surface area (Å²) in [5.41, 5.74) is -0.135. The third-order valence-electron chi connectivity index (χ3n) is 2.37. The molecule has 1 aromatic carbocycles. The Kier molecular flexibility index (Phi) is 4.48. The molecule has 0 saturated heterocycles. The molecule has 0 saturated carbocycles. The van der Waals surface area contributed by atoms with E-state index in [1.165, 1.54) is 12.1 Å². The Labute approximate surface area is 113 Å². The molecular weight excluding hydrogens is 322 g/mol. The molecule has 0 fully saturated rings. The zero-order chi connectivity index (χ0) is 13.9. The molecule has 0 aliphatic heterocycles. The van der Waals surface area contributed by atoms with Crippen LogP contribution in [-0.4, -0.2) is 24.7 Å². The molecule has 0 radical (unpaired) electrons. The van der Waals surface area contributed by atoms with Gasteiger partial charge in [-0.2, -0.15) is 5.26 Å². The van der Waals surface area contributed by atoms with Crippen LogP contribution < -0.4 is 0 Å². The first-order chi connectivity index (χ1) is 8.34. The van der Waals surface area contributed by atoms with Crippen LogP contribution in [0.1, 0.15) is 23.7 Å². The second-order valence-corrected chi connectivity index (χ2v) is 6.47. The highest BCUT2D eigenvalue weighted by Crippen LogP contribution is 2.27. The fourth-order valence-electron chi connectivity index (χ4n) is 1.39. The molecule has 0 amide bonds. The molecule has 96 valence electrons. The van der Waals surface area contributed by atoms with Gasteiger partial charge in [0.1, 0.15) is 0 Å². The van der Waals surface area contributed by atoms with E-state index in [2.05, 4.69) is 15.9 Å². The molecule has 1 rings (SSSR count). The Morgan fingerprint density at radius 3 is 2.61 bits per heavy atom. The van der Waals surface area contributed by atoms with Gasteiger partial charge in [-0.15, -0.1) is 0 Å². The molecule has 7 heteroatoms. The Morgan fingerprint density at radius 2 is 2.17 bits per heavy atom. The fourth-order valence-corrected chi connectivity index (χ4v) is 3.83. The van der Waals surface area contributed by atoms with Crippen molar-refractivity contribution < 1.29 is 18.3 Å². The van der Waals surface area contributed by atoms with Crippen LogP contribution in [-0.2, 0) is 9.84 Å². The van der Waals surface area contributed by atoms with Crippen LogP contribution in [0.25, 0.3) is 0 Å². The third-order valence-corrected chi connectivity index (χ3v) is 5.47. The van der Waals surface area contributed by atoms with E-state index in [0.29, 0.717) is 0 Å². The van der Waals surface area contributed by atoms with Crippen molar-refractivity contribution in [1.82, 2.24) is 0 Å². The van der Waals surface area contributed by atoms with Crippen molar-refractivity contribution >= 4 is 31.7 Å². The normalized spacial score (nSPS) is 12.7. The number of halogens is 1. The van der Waals surface area contributed by atoms with Crippen molar-refractivity contribution in [1.29, 1.82) is 5.26 Å². The van der Waals surface area contributed by atoms with Crippen molar-refractivity contribution in [2.75, 3.05) is 0 Å². The van der Waals surface area contributed by atoms with Crippen LogP contribution >= 0.6 is 15.9 Å². The quantitative estimate of drug-likeness (QED) is 0.912. The monoisotopic (exact) mass is 331 g/mol. The largest absolute Gasteiger partial charge is 0.478 e. The Morgan fingerprint density at radius 1 is 1.56 bits per heavy atom. The van der Waals surface area contributed by atoms with E-state index in [9.17, 15) is 13.2 Å². The Hall–Kier alpha value is -1.39. The second-order valence-electron chi connectivity index (χ2n) is 3.52. The average Bonchev–Trinajstić information content (AvgIpc) is 2.30. The SMILES string of the molecule is CCC(C#N)S(=O)(=O)c1cc(C(=O)O)ccc1Br. The summed E-state index contributed by atoms with van der Waals surface area (Å²) in [4.78, 5) is 10.7. The number of aromatic carboxylic acids is 1. The van der Waals surface area contributed by atoms with E-state index in [0.717, 1.165) is 6.07 Å². The minimum atomic E-state index is -3.86. The lowest BCUT2D eigenvalue weighted by Crippen LogP contribution is -2.19. The summed E-state index contributed by atoms with van der Waals surface area (Å²) in [5.74, 6) is -1.22. The first-order valence-corrected chi connectivity index (χ1v) is 7.34. The minimum Gasteiger partial charge on any atom is -0.478 e. The number of carboxylic acid groups (broad SMARTS) is 1. The van der Waals surface area contributed by atoms with Gasteiger partial charge in [0.25, 0.3) is 0 Å². The van der Waals surface area contributed by atoms with Crippen LogP contribution in [0, 0.1) is 11.3 Å². The molecule has 1 atom stereocenters. The molecule has 1 aromatic rings. The number of nitrogens with zero attached hydrogens (tertiary/aromatic N) is 1. The summed E-state index contributed by atoms with van der Waals surface area (Å²) in [6.07, 6.45) is 0.141. The molecule has 0 spiro atoms. The van der Waals surface area contributed by atoms with Crippen LogP contribution in [0.15, 0.2) is 27.6 Å². The van der Waals surface area contributed by atoms with E-state index in [-0.39, 0.29) is 21.4 Å². The lowest BCUT2D eigenvalue weighted by Gasteiger charge is -2.10. The van der Waals surface area contributed by atoms with Crippen molar-refractivity contribution in [2.24, 2.45) is 0 Å². The van der Waals surface area contributed by atoms with Crippen molar-refractivity contribution in [2.45, 2.75) is 23.5 Å². The Balaban J connectivity index is 3.46. The van der Waals surface area contributed by atoms with Crippen LogP contribution in [0.5, 0.6) is 0 Å². The van der Waals surface area contributed by atoms with E-state index in [1.54, 1.807) is 13.0 Å². The van der Waals surface area contributed by atoms with E-state index >= 15 is 0 Å². The second kappa shape index (κ2) is 5.50. The minimum absolute atomic E-state index is 0.135. The van der Waals surface area contributed by atoms with Gasteiger partial charge in [0.15, 0.2) is 15.1 Å². The number of hydrogen-bond donors (Lipinski definition) is 1. The summed E-state index contributed by atoms with van der Waals surface area (Å²) in [5, 5.41) is 16.5. The van der Waals surface area contributed by atoms with Gasteiger partial charge in [0, 0.05) is 4.47 Å². The predicted octanol–water partition coefficient (Wildman–Crippen LogP) is 2.22. The first kappa shape index (κ1) is 14.7. The molecule has 0 aromatic heterocycles. The molecule has 5 nitrogen and oxygen atoms in total. The van der Waals surface area contributed by atoms with Gasteiger partial charge >= 0.3 is 5.97 Å². The van der Waals surface area contributed by atoms with Crippen LogP contribution in [0.3, 0.4) is 0 Å².